The molecule has 2 heterocycles. The molecular formula is C16H25N3O. The number of anilines is 1. The number of rotatable bonds is 4. The maximum absolute atomic E-state index is 5.88. The third-order valence-corrected chi connectivity index (χ3v) is 4.30. The van der Waals surface area contributed by atoms with Crippen LogP contribution in [-0.2, 0) is 11.3 Å². The first-order chi connectivity index (χ1) is 9.74. The van der Waals surface area contributed by atoms with Crippen LogP contribution in [0, 0.1) is 0 Å². The Labute approximate surface area is 121 Å². The topological polar surface area (TPSA) is 37.4 Å². The van der Waals surface area contributed by atoms with Gasteiger partial charge in [-0.3, -0.25) is 0 Å². The predicted octanol–water partition coefficient (Wildman–Crippen LogP) is 2.34. The van der Waals surface area contributed by atoms with E-state index in [1.807, 2.05) is 6.20 Å². The number of pyridine rings is 1. The van der Waals surface area contributed by atoms with Crippen LogP contribution in [0.4, 0.5) is 5.82 Å². The van der Waals surface area contributed by atoms with Crippen LogP contribution in [0.25, 0.3) is 0 Å². The van der Waals surface area contributed by atoms with Gasteiger partial charge in [-0.15, -0.1) is 0 Å². The number of nitrogens with one attached hydrogen (secondary N) is 1. The Morgan fingerprint density at radius 2 is 2.35 bits per heavy atom. The van der Waals surface area contributed by atoms with Crippen LogP contribution < -0.4 is 10.2 Å². The van der Waals surface area contributed by atoms with E-state index in [1.165, 1.54) is 24.8 Å². The minimum Gasteiger partial charge on any atom is -0.374 e. The minimum absolute atomic E-state index is 0.419. The van der Waals surface area contributed by atoms with Crippen molar-refractivity contribution in [1.29, 1.82) is 0 Å². The first kappa shape index (κ1) is 13.8. The Balaban J connectivity index is 1.74. The van der Waals surface area contributed by atoms with Crippen LogP contribution >= 0.6 is 0 Å². The molecule has 1 N–H and O–H groups in total. The highest BCUT2D eigenvalue weighted by Crippen LogP contribution is 2.32. The van der Waals surface area contributed by atoms with E-state index in [2.05, 4.69) is 41.2 Å². The van der Waals surface area contributed by atoms with E-state index in [1.54, 1.807) is 0 Å². The molecule has 1 saturated heterocycles. The first-order valence-electron chi connectivity index (χ1n) is 7.80. The van der Waals surface area contributed by atoms with Gasteiger partial charge in [-0.2, -0.15) is 0 Å². The summed E-state index contributed by atoms with van der Waals surface area (Å²) >= 11 is 0. The van der Waals surface area contributed by atoms with E-state index >= 15 is 0 Å². The molecule has 4 heteroatoms. The van der Waals surface area contributed by atoms with Crippen molar-refractivity contribution in [1.82, 2.24) is 10.3 Å². The summed E-state index contributed by atoms with van der Waals surface area (Å²) in [4.78, 5) is 7.05. The summed E-state index contributed by atoms with van der Waals surface area (Å²) in [5.74, 6) is 1.12. The molecule has 2 fully saturated rings. The lowest BCUT2D eigenvalue weighted by atomic mass is 10.1. The molecule has 20 heavy (non-hydrogen) atoms. The van der Waals surface area contributed by atoms with Gasteiger partial charge in [-0.05, 0) is 37.0 Å². The van der Waals surface area contributed by atoms with Gasteiger partial charge in [0.2, 0.25) is 0 Å². The van der Waals surface area contributed by atoms with E-state index in [0.717, 1.165) is 25.5 Å². The SMILES string of the molecule is CC(C)NCc1ccnc(N2CCOC3CCCC32)c1. The van der Waals surface area contributed by atoms with E-state index in [0.29, 0.717) is 18.2 Å². The van der Waals surface area contributed by atoms with E-state index < -0.39 is 0 Å². The Morgan fingerprint density at radius 3 is 3.20 bits per heavy atom. The fourth-order valence-corrected chi connectivity index (χ4v) is 3.26. The normalized spacial score (nSPS) is 26.1. The number of fused-ring (bicyclic) bond motifs is 1. The molecule has 4 nitrogen and oxygen atoms in total. The number of hydrogen-bond donors (Lipinski definition) is 1. The predicted molar refractivity (Wildman–Crippen MR) is 80.9 cm³/mol. The molecule has 0 aromatic carbocycles. The van der Waals surface area contributed by atoms with E-state index in [4.69, 9.17) is 4.74 Å². The number of hydrogen-bond acceptors (Lipinski definition) is 4. The molecule has 2 atom stereocenters. The summed E-state index contributed by atoms with van der Waals surface area (Å²) < 4.78 is 5.88. The zero-order valence-electron chi connectivity index (χ0n) is 12.5. The molecule has 1 saturated carbocycles. The van der Waals surface area contributed by atoms with Crippen molar-refractivity contribution in [2.24, 2.45) is 0 Å². The van der Waals surface area contributed by atoms with Crippen LogP contribution in [0.3, 0.4) is 0 Å². The molecule has 1 aromatic heterocycles. The van der Waals surface area contributed by atoms with Gasteiger partial charge < -0.3 is 15.0 Å². The van der Waals surface area contributed by atoms with Crippen molar-refractivity contribution in [3.05, 3.63) is 23.9 Å². The number of nitrogens with zero attached hydrogens (tertiary/aromatic N) is 2. The van der Waals surface area contributed by atoms with Gasteiger partial charge in [0.25, 0.3) is 0 Å². The lowest BCUT2D eigenvalue weighted by Gasteiger charge is -2.38. The second-order valence-corrected chi connectivity index (χ2v) is 6.16. The summed E-state index contributed by atoms with van der Waals surface area (Å²) in [5.41, 5.74) is 1.31. The lowest BCUT2D eigenvalue weighted by molar-refractivity contribution is 0.0253. The number of morpholine rings is 1. The average Bonchev–Trinajstić information content (AvgIpc) is 2.93. The molecule has 1 aliphatic heterocycles. The summed E-state index contributed by atoms with van der Waals surface area (Å²) in [6.07, 6.45) is 6.08. The summed E-state index contributed by atoms with van der Waals surface area (Å²) in [6, 6.07) is 5.38. The van der Waals surface area contributed by atoms with E-state index in [-0.39, 0.29) is 0 Å². The molecule has 2 unspecified atom stereocenters. The number of ether oxygens (including phenoxy) is 1. The van der Waals surface area contributed by atoms with Crippen LogP contribution in [0.1, 0.15) is 38.7 Å². The first-order valence-corrected chi connectivity index (χ1v) is 7.80. The fraction of sp³-hybridized carbons (Fsp3) is 0.688. The van der Waals surface area contributed by atoms with Gasteiger partial charge >= 0.3 is 0 Å². The summed E-state index contributed by atoms with van der Waals surface area (Å²) in [6.45, 7) is 7.05. The molecule has 0 radical (unpaired) electrons. The van der Waals surface area contributed by atoms with E-state index in [9.17, 15) is 0 Å². The monoisotopic (exact) mass is 275 g/mol. The fourth-order valence-electron chi connectivity index (χ4n) is 3.26. The van der Waals surface area contributed by atoms with Gasteiger partial charge in [0.05, 0.1) is 18.8 Å². The standard InChI is InChI=1S/C16H25N3O/c1-12(2)18-11-13-6-7-17-16(10-13)19-8-9-20-15-5-3-4-14(15)19/h6-7,10,12,14-15,18H,3-5,8-9,11H2,1-2H3. The van der Waals surface area contributed by atoms with Crippen LogP contribution in [0.2, 0.25) is 0 Å². The Hall–Kier alpha value is -1.13. The third kappa shape index (κ3) is 2.96. The summed E-state index contributed by atoms with van der Waals surface area (Å²) in [5, 5.41) is 3.47. The Bertz CT molecular complexity index is 449. The molecule has 2 aliphatic rings. The highest BCUT2D eigenvalue weighted by Gasteiger charge is 2.36. The highest BCUT2D eigenvalue weighted by atomic mass is 16.5. The van der Waals surface area contributed by atoms with Crippen molar-refractivity contribution in [2.45, 2.75) is 57.8 Å². The van der Waals surface area contributed by atoms with Crippen LogP contribution in [0.15, 0.2) is 18.3 Å². The van der Waals surface area contributed by atoms with Gasteiger partial charge in [-0.1, -0.05) is 13.8 Å². The molecule has 0 amide bonds. The van der Waals surface area contributed by atoms with Crippen molar-refractivity contribution in [3.8, 4) is 0 Å². The molecule has 110 valence electrons. The van der Waals surface area contributed by atoms with Gasteiger partial charge in [0, 0.05) is 25.3 Å². The zero-order valence-corrected chi connectivity index (χ0v) is 12.5. The lowest BCUT2D eigenvalue weighted by Crippen LogP contribution is -2.49. The summed E-state index contributed by atoms with van der Waals surface area (Å²) in [7, 11) is 0. The van der Waals surface area contributed by atoms with Gasteiger partial charge in [0.15, 0.2) is 0 Å². The number of aromatic nitrogens is 1. The zero-order chi connectivity index (χ0) is 13.9. The molecular weight excluding hydrogens is 250 g/mol. The average molecular weight is 275 g/mol. The molecule has 0 bridgehead atoms. The third-order valence-electron chi connectivity index (χ3n) is 4.30. The van der Waals surface area contributed by atoms with Crippen LogP contribution in [0.5, 0.6) is 0 Å². The van der Waals surface area contributed by atoms with Crippen LogP contribution in [-0.4, -0.2) is 36.3 Å². The van der Waals surface area contributed by atoms with Crippen molar-refractivity contribution >= 4 is 5.82 Å². The molecule has 1 aliphatic carbocycles. The van der Waals surface area contributed by atoms with Gasteiger partial charge in [0.1, 0.15) is 5.82 Å². The Kier molecular flexibility index (Phi) is 4.22. The molecule has 0 spiro atoms. The maximum atomic E-state index is 5.88. The van der Waals surface area contributed by atoms with Gasteiger partial charge in [-0.25, -0.2) is 4.98 Å². The van der Waals surface area contributed by atoms with Crippen molar-refractivity contribution in [2.75, 3.05) is 18.1 Å². The minimum atomic E-state index is 0.419. The second-order valence-electron chi connectivity index (χ2n) is 6.16. The smallest absolute Gasteiger partial charge is 0.129 e. The highest BCUT2D eigenvalue weighted by molar-refractivity contribution is 5.43. The largest absolute Gasteiger partial charge is 0.374 e. The second kappa shape index (κ2) is 6.10. The van der Waals surface area contributed by atoms with Crippen molar-refractivity contribution in [3.63, 3.8) is 0 Å². The quantitative estimate of drug-likeness (QED) is 0.915. The van der Waals surface area contributed by atoms with Crippen molar-refractivity contribution < 1.29 is 4.74 Å². The maximum Gasteiger partial charge on any atom is 0.129 e. The Morgan fingerprint density at radius 1 is 1.45 bits per heavy atom. The molecule has 3 rings (SSSR count). The molecule has 1 aromatic rings.